The summed E-state index contributed by atoms with van der Waals surface area (Å²) in [4.78, 5) is 25.6. The monoisotopic (exact) mass is 345 g/mol. The first-order valence-corrected chi connectivity index (χ1v) is 9.92. The van der Waals surface area contributed by atoms with Crippen LogP contribution >= 0.6 is 0 Å². The van der Waals surface area contributed by atoms with Gasteiger partial charge < -0.3 is 9.64 Å². The lowest BCUT2D eigenvalue weighted by atomic mass is 9.49. The lowest BCUT2D eigenvalue weighted by Crippen LogP contribution is -2.54. The first kappa shape index (κ1) is 17.1. The van der Waals surface area contributed by atoms with Crippen molar-refractivity contribution in [3.63, 3.8) is 0 Å². The summed E-state index contributed by atoms with van der Waals surface area (Å²) in [5, 5.41) is 0. The highest BCUT2D eigenvalue weighted by molar-refractivity contribution is 5.79. The molecule has 1 unspecified atom stereocenters. The van der Waals surface area contributed by atoms with Gasteiger partial charge in [-0.2, -0.15) is 0 Å². The van der Waals surface area contributed by atoms with E-state index in [1.807, 2.05) is 11.9 Å². The maximum absolute atomic E-state index is 12.2. The number of rotatable bonds is 1. The molecule has 0 N–H and O–H groups in total. The van der Waals surface area contributed by atoms with Crippen LogP contribution in [0.5, 0.6) is 0 Å². The summed E-state index contributed by atoms with van der Waals surface area (Å²) in [5.74, 6) is 2.07. The largest absolute Gasteiger partial charge is 0.462 e. The van der Waals surface area contributed by atoms with E-state index >= 15 is 0 Å². The second-order valence-electron chi connectivity index (χ2n) is 9.29. The number of piperidine rings is 1. The summed E-state index contributed by atoms with van der Waals surface area (Å²) in [6.07, 6.45) is 9.67. The van der Waals surface area contributed by atoms with Crippen LogP contribution in [-0.2, 0) is 14.3 Å². The van der Waals surface area contributed by atoms with Crippen molar-refractivity contribution in [1.29, 1.82) is 0 Å². The van der Waals surface area contributed by atoms with Gasteiger partial charge in [-0.15, -0.1) is 0 Å². The molecular weight excluding hydrogens is 314 g/mol. The molecule has 0 spiro atoms. The number of hydrogen-bond acceptors (Lipinski definition) is 3. The van der Waals surface area contributed by atoms with E-state index < -0.39 is 0 Å². The summed E-state index contributed by atoms with van der Waals surface area (Å²) >= 11 is 0. The minimum absolute atomic E-state index is 0.0877. The van der Waals surface area contributed by atoms with Gasteiger partial charge in [0.05, 0.1) is 0 Å². The van der Waals surface area contributed by atoms with Crippen molar-refractivity contribution in [1.82, 2.24) is 4.90 Å². The molecule has 0 aromatic heterocycles. The summed E-state index contributed by atoms with van der Waals surface area (Å²) in [5.41, 5.74) is 1.53. The van der Waals surface area contributed by atoms with Gasteiger partial charge in [-0.3, -0.25) is 9.59 Å². The Balaban J connectivity index is 1.65. The summed E-state index contributed by atoms with van der Waals surface area (Å²) < 4.78 is 5.72. The summed E-state index contributed by atoms with van der Waals surface area (Å²) in [6.45, 7) is 6.28. The molecule has 1 saturated heterocycles. The molecule has 0 aromatic rings. The number of likely N-dealkylation sites (tertiary alicyclic amines) is 1. The number of allylic oxidation sites excluding steroid dienone is 2. The Morgan fingerprint density at radius 3 is 2.68 bits per heavy atom. The minimum Gasteiger partial charge on any atom is -0.462 e. The number of fused-ring (bicyclic) bond motifs is 5. The van der Waals surface area contributed by atoms with E-state index in [-0.39, 0.29) is 28.8 Å². The number of ether oxygens (including phenoxy) is 1. The van der Waals surface area contributed by atoms with Crippen molar-refractivity contribution in [2.75, 3.05) is 7.05 Å². The number of esters is 1. The second-order valence-corrected chi connectivity index (χ2v) is 9.29. The number of nitrogens with zero attached hydrogens (tertiary/aromatic N) is 1. The third kappa shape index (κ3) is 2.32. The molecule has 138 valence electrons. The van der Waals surface area contributed by atoms with Gasteiger partial charge in [-0.05, 0) is 56.3 Å². The molecule has 3 fully saturated rings. The Hall–Kier alpha value is -1.32. The summed E-state index contributed by atoms with van der Waals surface area (Å²) in [7, 11) is 1.95. The van der Waals surface area contributed by atoms with Crippen LogP contribution in [0.1, 0.15) is 65.7 Å². The number of amides is 1. The molecule has 1 aliphatic heterocycles. The smallest absolute Gasteiger partial charge is 0.302 e. The molecule has 0 aromatic carbocycles. The van der Waals surface area contributed by atoms with Crippen molar-refractivity contribution >= 4 is 11.9 Å². The Morgan fingerprint density at radius 1 is 1.20 bits per heavy atom. The predicted octanol–water partition coefficient (Wildman–Crippen LogP) is 3.91. The maximum atomic E-state index is 12.2. The van der Waals surface area contributed by atoms with Gasteiger partial charge in [0.1, 0.15) is 6.10 Å². The molecule has 4 rings (SSSR count). The molecule has 6 atom stereocenters. The predicted molar refractivity (Wildman–Crippen MR) is 95.4 cm³/mol. The zero-order valence-corrected chi connectivity index (χ0v) is 16.0. The fourth-order valence-electron chi connectivity index (χ4n) is 6.93. The fraction of sp³-hybridized carbons (Fsp3) is 0.810. The van der Waals surface area contributed by atoms with Crippen molar-refractivity contribution in [2.45, 2.75) is 71.8 Å². The Bertz CT molecular complexity index is 641. The quantitative estimate of drug-likeness (QED) is 0.677. The molecule has 4 aliphatic rings. The average molecular weight is 345 g/mol. The highest BCUT2D eigenvalue weighted by Crippen LogP contribution is 2.64. The molecule has 1 amide bonds. The standard InChI is InChI=1S/C21H31NO3/c1-13(23)25-18-8-6-15-14-5-7-17-20(2,12-10-19(24)22(17)4)16(14)9-11-21(15,18)3/h7,14-16,18H,5-6,8-12H2,1-4H3/t14-,15-,16+,18?,20+,21-/m0/s1. The van der Waals surface area contributed by atoms with E-state index in [9.17, 15) is 9.59 Å². The maximum Gasteiger partial charge on any atom is 0.302 e. The van der Waals surface area contributed by atoms with Crippen LogP contribution in [0.4, 0.5) is 0 Å². The number of carbonyl (C=O) groups excluding carboxylic acids is 2. The van der Waals surface area contributed by atoms with Crippen molar-refractivity contribution in [3.05, 3.63) is 11.8 Å². The Kier molecular flexibility index (Phi) is 3.82. The Morgan fingerprint density at radius 2 is 1.96 bits per heavy atom. The van der Waals surface area contributed by atoms with Crippen molar-refractivity contribution in [2.24, 2.45) is 28.6 Å². The highest BCUT2D eigenvalue weighted by Gasteiger charge is 2.60. The average Bonchev–Trinajstić information content (AvgIpc) is 2.88. The molecule has 0 bridgehead atoms. The lowest BCUT2D eigenvalue weighted by Gasteiger charge is -2.58. The van der Waals surface area contributed by atoms with E-state index in [0.29, 0.717) is 24.2 Å². The van der Waals surface area contributed by atoms with Gasteiger partial charge in [0.25, 0.3) is 0 Å². The molecule has 1 heterocycles. The summed E-state index contributed by atoms with van der Waals surface area (Å²) in [6, 6.07) is 0. The highest BCUT2D eigenvalue weighted by atomic mass is 16.5. The SMILES string of the molecule is CC(=O)OC1CC[C@H]2[C@@H]3CC=C4N(C)C(=O)CC[C@]4(C)[C@@H]3CC[C@]12C. The number of hydrogen-bond donors (Lipinski definition) is 0. The van der Waals surface area contributed by atoms with Crippen LogP contribution in [0.3, 0.4) is 0 Å². The third-order valence-electron chi connectivity index (χ3n) is 8.24. The van der Waals surface area contributed by atoms with Crippen LogP contribution in [-0.4, -0.2) is 29.9 Å². The topological polar surface area (TPSA) is 46.6 Å². The molecular formula is C21H31NO3. The first-order valence-electron chi connectivity index (χ1n) is 9.92. The van der Waals surface area contributed by atoms with E-state index in [0.717, 1.165) is 25.7 Å². The van der Waals surface area contributed by atoms with Gasteiger partial charge in [-0.1, -0.05) is 19.9 Å². The molecule has 2 saturated carbocycles. The van der Waals surface area contributed by atoms with Gasteiger partial charge >= 0.3 is 5.97 Å². The van der Waals surface area contributed by atoms with E-state index in [4.69, 9.17) is 4.74 Å². The Labute approximate surface area is 151 Å². The normalized spacial score (nSPS) is 46.0. The lowest BCUT2D eigenvalue weighted by molar-refractivity contribution is -0.157. The number of carbonyl (C=O) groups is 2. The second kappa shape index (κ2) is 5.59. The van der Waals surface area contributed by atoms with Crippen LogP contribution in [0.15, 0.2) is 11.8 Å². The molecule has 25 heavy (non-hydrogen) atoms. The van der Waals surface area contributed by atoms with Crippen LogP contribution in [0.2, 0.25) is 0 Å². The fourth-order valence-corrected chi connectivity index (χ4v) is 6.93. The van der Waals surface area contributed by atoms with Gasteiger partial charge in [0.2, 0.25) is 5.91 Å². The van der Waals surface area contributed by atoms with Crippen molar-refractivity contribution in [3.8, 4) is 0 Å². The molecule has 3 aliphatic carbocycles. The van der Waals surface area contributed by atoms with E-state index in [1.54, 1.807) is 0 Å². The van der Waals surface area contributed by atoms with Crippen molar-refractivity contribution < 1.29 is 14.3 Å². The molecule has 4 heteroatoms. The minimum atomic E-state index is -0.140. The van der Waals surface area contributed by atoms with E-state index in [1.165, 1.54) is 25.5 Å². The zero-order chi connectivity index (χ0) is 18.0. The molecule has 4 nitrogen and oxygen atoms in total. The van der Waals surface area contributed by atoms with Crippen LogP contribution in [0, 0.1) is 28.6 Å². The van der Waals surface area contributed by atoms with Crippen LogP contribution < -0.4 is 0 Å². The third-order valence-corrected chi connectivity index (χ3v) is 8.24. The van der Waals surface area contributed by atoms with Gasteiger partial charge in [-0.25, -0.2) is 0 Å². The van der Waals surface area contributed by atoms with Gasteiger partial charge in [0.15, 0.2) is 0 Å². The zero-order valence-electron chi connectivity index (χ0n) is 16.0. The van der Waals surface area contributed by atoms with Crippen LogP contribution in [0.25, 0.3) is 0 Å². The van der Waals surface area contributed by atoms with Gasteiger partial charge in [0, 0.05) is 36.9 Å². The van der Waals surface area contributed by atoms with E-state index in [2.05, 4.69) is 19.9 Å². The first-order chi connectivity index (χ1) is 11.8. The molecule has 0 radical (unpaired) electrons.